The summed E-state index contributed by atoms with van der Waals surface area (Å²) in [6.07, 6.45) is -2.70. The van der Waals surface area contributed by atoms with Crippen LogP contribution in [-0.4, -0.2) is 130 Å². The molecule has 1 saturated heterocycles. The molecule has 6 fully saturated rings. The van der Waals surface area contributed by atoms with Gasteiger partial charge in [-0.05, 0) is 43.1 Å². The zero-order chi connectivity index (χ0) is 33.7. The van der Waals surface area contributed by atoms with Crippen molar-refractivity contribution in [3.63, 3.8) is 0 Å². The van der Waals surface area contributed by atoms with Crippen LogP contribution >= 0.6 is 0 Å². The molecule has 7 bridgehead atoms. The van der Waals surface area contributed by atoms with Crippen molar-refractivity contribution >= 4 is 11.9 Å². The third kappa shape index (κ3) is 4.00. The number of esters is 2. The fourth-order valence-electron chi connectivity index (χ4n) is 12.4. The molecule has 7 rings (SSSR count). The van der Waals surface area contributed by atoms with Crippen LogP contribution in [0.3, 0.4) is 0 Å². The van der Waals surface area contributed by atoms with Crippen LogP contribution in [0.4, 0.5) is 0 Å². The second-order valence-electron chi connectivity index (χ2n) is 14.7. The molecule has 260 valence electrons. The Balaban J connectivity index is 1.47. The largest absolute Gasteiger partial charge is 0.497 e. The third-order valence-corrected chi connectivity index (χ3v) is 13.4. The first-order chi connectivity index (χ1) is 22.5. The lowest BCUT2D eigenvalue weighted by molar-refractivity contribution is -0.300. The fourth-order valence-corrected chi connectivity index (χ4v) is 12.4. The summed E-state index contributed by atoms with van der Waals surface area (Å²) >= 11 is 0. The first-order valence-corrected chi connectivity index (χ1v) is 16.7. The van der Waals surface area contributed by atoms with Gasteiger partial charge in [-0.2, -0.15) is 0 Å². The van der Waals surface area contributed by atoms with E-state index in [2.05, 4.69) is 11.8 Å². The van der Waals surface area contributed by atoms with Crippen LogP contribution < -0.4 is 4.74 Å². The molecule has 5 saturated carbocycles. The molecule has 12 heteroatoms. The maximum atomic E-state index is 13.9. The minimum Gasteiger partial charge on any atom is -0.497 e. The van der Waals surface area contributed by atoms with E-state index in [-0.39, 0.29) is 30.7 Å². The van der Waals surface area contributed by atoms with Gasteiger partial charge in [0.05, 0.1) is 43.7 Å². The number of benzene rings is 1. The van der Waals surface area contributed by atoms with Gasteiger partial charge in [-0.3, -0.25) is 9.69 Å². The van der Waals surface area contributed by atoms with Crippen LogP contribution in [0.2, 0.25) is 0 Å². The summed E-state index contributed by atoms with van der Waals surface area (Å²) in [5.41, 5.74) is -3.89. The van der Waals surface area contributed by atoms with E-state index in [4.69, 9.17) is 33.2 Å². The molecule has 1 heterocycles. The molecule has 0 radical (unpaired) electrons. The molecular weight excluding hydrogens is 610 g/mol. The highest BCUT2D eigenvalue weighted by atomic mass is 16.6. The Hall–Kier alpha value is -2.32. The number of carbonyl (C=O) groups excluding carboxylic acids is 2. The summed E-state index contributed by atoms with van der Waals surface area (Å²) < 4.78 is 43.2. The van der Waals surface area contributed by atoms with E-state index >= 15 is 0 Å². The third-order valence-electron chi connectivity index (χ3n) is 13.4. The van der Waals surface area contributed by atoms with Crippen LogP contribution in [-0.2, 0) is 33.2 Å². The number of nitrogens with zero attached hydrogens (tertiary/aromatic N) is 1. The molecule has 6 aliphatic rings. The van der Waals surface area contributed by atoms with E-state index in [1.165, 1.54) is 14.0 Å². The van der Waals surface area contributed by atoms with E-state index in [1.54, 1.807) is 52.7 Å². The highest BCUT2D eigenvalue weighted by Crippen LogP contribution is 2.80. The number of rotatable bonds is 10. The zero-order valence-corrected chi connectivity index (χ0v) is 28.3. The minimum absolute atomic E-state index is 0.179. The average molecular weight is 660 g/mol. The monoisotopic (exact) mass is 659 g/mol. The predicted molar refractivity (Wildman–Crippen MR) is 166 cm³/mol. The van der Waals surface area contributed by atoms with Crippen LogP contribution in [0.25, 0.3) is 0 Å². The SMILES string of the molecule is CCN1C[C@]2(COC)[C@H](O)C[C@H](OC)[C@@]34[C@H]5C[C@]6(O)[C@H](OC)C[C@@](OC(C)=O)([C@@H]5[C@@H]6OC(=O)c5ccc(OC)cc5)[C@H]([C@H](OC)[C@@H]23)[C@@H]14. The van der Waals surface area contributed by atoms with Crippen molar-refractivity contribution in [1.29, 1.82) is 0 Å². The summed E-state index contributed by atoms with van der Waals surface area (Å²) in [6, 6.07) is 6.44. The Morgan fingerprint density at radius 1 is 0.979 bits per heavy atom. The van der Waals surface area contributed by atoms with Crippen molar-refractivity contribution in [2.75, 3.05) is 55.2 Å². The molecule has 1 spiro atoms. The van der Waals surface area contributed by atoms with Gasteiger partial charge in [0.15, 0.2) is 0 Å². The van der Waals surface area contributed by atoms with Crippen molar-refractivity contribution in [3.05, 3.63) is 29.8 Å². The number of carbonyl (C=O) groups is 2. The summed E-state index contributed by atoms with van der Waals surface area (Å²) in [5.74, 6) is -2.10. The van der Waals surface area contributed by atoms with E-state index < -0.39 is 76.3 Å². The molecule has 12 nitrogen and oxygen atoms in total. The standard InChI is InChI=1S/C35H49NO11/c1-8-36-16-32(17-41-3)22(38)13-23(43-5)35-21-14-33(40)24(44-6)15-34(47-18(2)37,26(29(35)36)27(45-7)28(32)35)25(21)30(33)46-31(39)19-9-11-20(42-4)12-10-19/h9-12,21-30,38,40H,8,13-17H2,1-7H3/t21-,22+,23-,24+,25-,26+,27-,28-,29+,30-,32-,33-,34+,35-/m0/s1. The van der Waals surface area contributed by atoms with Gasteiger partial charge >= 0.3 is 11.9 Å². The Bertz CT molecular complexity index is 1390. The van der Waals surface area contributed by atoms with Gasteiger partial charge in [0.2, 0.25) is 0 Å². The van der Waals surface area contributed by atoms with Crippen LogP contribution in [0.15, 0.2) is 24.3 Å². The van der Waals surface area contributed by atoms with Gasteiger partial charge in [0.1, 0.15) is 23.1 Å². The second-order valence-corrected chi connectivity index (χ2v) is 14.7. The lowest BCUT2D eigenvalue weighted by Crippen LogP contribution is -2.79. The molecule has 0 unspecified atom stereocenters. The zero-order valence-electron chi connectivity index (χ0n) is 28.3. The van der Waals surface area contributed by atoms with E-state index in [9.17, 15) is 19.8 Å². The number of piperidine rings is 1. The highest BCUT2D eigenvalue weighted by molar-refractivity contribution is 5.89. The fraction of sp³-hybridized carbons (Fsp3) is 0.771. The summed E-state index contributed by atoms with van der Waals surface area (Å²) in [6.45, 7) is 5.04. The van der Waals surface area contributed by atoms with Gasteiger partial charge in [0.25, 0.3) is 0 Å². The van der Waals surface area contributed by atoms with Gasteiger partial charge in [-0.25, -0.2) is 4.79 Å². The molecule has 47 heavy (non-hydrogen) atoms. The first-order valence-electron chi connectivity index (χ1n) is 16.7. The van der Waals surface area contributed by atoms with Crippen LogP contribution in [0.1, 0.15) is 43.5 Å². The second kappa shape index (κ2) is 11.4. The molecule has 1 aromatic rings. The van der Waals surface area contributed by atoms with Crippen molar-refractivity contribution in [1.82, 2.24) is 4.90 Å². The number of likely N-dealkylation sites (tertiary alicyclic amines) is 1. The van der Waals surface area contributed by atoms with E-state index in [0.717, 1.165) is 0 Å². The molecule has 0 amide bonds. The number of hydrogen-bond acceptors (Lipinski definition) is 12. The minimum atomic E-state index is -1.58. The van der Waals surface area contributed by atoms with Crippen LogP contribution in [0.5, 0.6) is 5.75 Å². The van der Waals surface area contributed by atoms with Gasteiger partial charge < -0.3 is 43.4 Å². The molecule has 5 aliphatic carbocycles. The lowest BCUT2D eigenvalue weighted by atomic mass is 9.42. The lowest BCUT2D eigenvalue weighted by Gasteiger charge is -2.70. The van der Waals surface area contributed by atoms with Gasteiger partial charge in [-0.15, -0.1) is 0 Å². The Kier molecular flexibility index (Phi) is 8.02. The van der Waals surface area contributed by atoms with Crippen molar-refractivity contribution in [2.45, 2.75) is 80.9 Å². The average Bonchev–Trinajstić information content (AvgIpc) is 3.43. The maximum absolute atomic E-state index is 13.9. The first kappa shape index (κ1) is 33.2. The molecule has 1 aromatic carbocycles. The van der Waals surface area contributed by atoms with Crippen LogP contribution in [0, 0.1) is 34.5 Å². The Morgan fingerprint density at radius 3 is 2.26 bits per heavy atom. The maximum Gasteiger partial charge on any atom is 0.338 e. The van der Waals surface area contributed by atoms with Crippen molar-refractivity contribution in [2.24, 2.45) is 34.5 Å². The summed E-state index contributed by atoms with van der Waals surface area (Å²) in [5, 5.41) is 24.8. The van der Waals surface area contributed by atoms with Crippen molar-refractivity contribution in [3.8, 4) is 5.75 Å². The molecule has 14 atom stereocenters. The van der Waals surface area contributed by atoms with Gasteiger partial charge in [0, 0.05) is 89.4 Å². The van der Waals surface area contributed by atoms with E-state index in [1.807, 2.05) is 0 Å². The number of ether oxygens (including phenoxy) is 7. The summed E-state index contributed by atoms with van der Waals surface area (Å²) in [4.78, 5) is 29.5. The predicted octanol–water partition coefficient (Wildman–Crippen LogP) is 1.69. The normalized spacial score (nSPS) is 47.4. The number of hydrogen-bond donors (Lipinski definition) is 2. The highest BCUT2D eigenvalue weighted by Gasteiger charge is 2.90. The topological polar surface area (TPSA) is 142 Å². The molecule has 2 N–H and O–H groups in total. The smallest absolute Gasteiger partial charge is 0.338 e. The molecular formula is C35H49NO11. The quantitative estimate of drug-likeness (QED) is 0.353. The van der Waals surface area contributed by atoms with Crippen molar-refractivity contribution < 1.29 is 53.0 Å². The molecule has 0 aromatic heterocycles. The Labute approximate surface area is 275 Å². The van der Waals surface area contributed by atoms with E-state index in [0.29, 0.717) is 37.4 Å². The summed E-state index contributed by atoms with van der Waals surface area (Å²) in [7, 11) is 8.11. The number of aliphatic hydroxyl groups excluding tert-OH is 1. The number of fused-ring (bicyclic) bond motifs is 2. The molecule has 1 aliphatic heterocycles. The number of methoxy groups -OCH3 is 5. The Morgan fingerprint density at radius 2 is 1.68 bits per heavy atom. The van der Waals surface area contributed by atoms with Gasteiger partial charge in [-0.1, -0.05) is 6.92 Å². The number of aliphatic hydroxyl groups is 2.